The molecule has 0 saturated heterocycles. The fraction of sp³-hybridized carbons (Fsp3) is 0.167. The summed E-state index contributed by atoms with van der Waals surface area (Å²) >= 11 is 1.90. The summed E-state index contributed by atoms with van der Waals surface area (Å²) in [5, 5.41) is 0. The van der Waals surface area contributed by atoms with Crippen LogP contribution in [-0.4, -0.2) is 23.2 Å². The van der Waals surface area contributed by atoms with Crippen LogP contribution in [0.2, 0.25) is 0 Å². The molecule has 0 aliphatic carbocycles. The summed E-state index contributed by atoms with van der Waals surface area (Å²) in [5.41, 5.74) is -0.204. The minimum Gasteiger partial charge on any atom is -0.490 e. The number of hydrogen-bond acceptors (Lipinski definition) is 4. The molecule has 0 aliphatic rings. The highest BCUT2D eigenvalue weighted by Gasteiger charge is 2.05. The average molecular weight is 358 g/mol. The molecule has 1 N–H and O–H groups in total. The Morgan fingerprint density at radius 2 is 1.89 bits per heavy atom. The van der Waals surface area contributed by atoms with Gasteiger partial charge in [-0.25, -0.2) is 4.98 Å². The number of H-pyrrole nitrogens is 1. The van der Waals surface area contributed by atoms with Gasteiger partial charge in [-0.3, -0.25) is 4.79 Å². The quantitative estimate of drug-likeness (QED) is 0.654. The molecule has 0 fully saturated rings. The van der Waals surface area contributed by atoms with Gasteiger partial charge < -0.3 is 14.5 Å². The Bertz CT molecular complexity index is 557. The van der Waals surface area contributed by atoms with Crippen LogP contribution in [0.4, 0.5) is 0 Å². The number of halogens is 1. The van der Waals surface area contributed by atoms with E-state index in [0.717, 1.165) is 5.75 Å². The zero-order chi connectivity index (χ0) is 12.8. The summed E-state index contributed by atoms with van der Waals surface area (Å²) in [6.07, 6.45) is 1.32. The zero-order valence-electron chi connectivity index (χ0n) is 9.43. The van der Waals surface area contributed by atoms with E-state index in [1.54, 1.807) is 0 Å². The van der Waals surface area contributed by atoms with Gasteiger partial charge in [0.1, 0.15) is 22.5 Å². The van der Waals surface area contributed by atoms with Gasteiger partial charge in [0.2, 0.25) is 5.88 Å². The summed E-state index contributed by atoms with van der Waals surface area (Å²) < 4.78 is 11.3. The van der Waals surface area contributed by atoms with Crippen molar-refractivity contribution in [2.75, 3.05) is 13.2 Å². The van der Waals surface area contributed by atoms with Crippen molar-refractivity contribution in [3.05, 3.63) is 50.6 Å². The Kier molecular flexibility index (Phi) is 4.57. The topological polar surface area (TPSA) is 64.2 Å². The van der Waals surface area contributed by atoms with Gasteiger partial charge in [-0.15, -0.1) is 0 Å². The first-order chi connectivity index (χ1) is 8.77. The van der Waals surface area contributed by atoms with E-state index in [9.17, 15) is 4.79 Å². The van der Waals surface area contributed by atoms with Crippen LogP contribution in [0.25, 0.3) is 0 Å². The third-order valence-electron chi connectivity index (χ3n) is 2.10. The van der Waals surface area contributed by atoms with Crippen LogP contribution in [0.5, 0.6) is 11.6 Å². The molecule has 0 atom stereocenters. The first kappa shape index (κ1) is 12.9. The van der Waals surface area contributed by atoms with E-state index in [4.69, 9.17) is 9.47 Å². The molecular formula is C12H11IN2O3. The Balaban J connectivity index is 1.82. The molecule has 2 rings (SSSR count). The first-order valence-corrected chi connectivity index (χ1v) is 6.39. The van der Waals surface area contributed by atoms with Crippen molar-refractivity contribution in [3.63, 3.8) is 0 Å². The van der Waals surface area contributed by atoms with E-state index < -0.39 is 0 Å². The van der Waals surface area contributed by atoms with Crippen LogP contribution >= 0.6 is 22.6 Å². The number of nitrogens with zero attached hydrogens (tertiary/aromatic N) is 1. The number of ether oxygens (including phenoxy) is 2. The monoisotopic (exact) mass is 358 g/mol. The number of hydrogen-bond donors (Lipinski definition) is 1. The Morgan fingerprint density at radius 3 is 2.67 bits per heavy atom. The molecule has 18 heavy (non-hydrogen) atoms. The standard InChI is InChI=1S/C12H11IN2O3/c13-10-11(16)14-8-15-12(10)18-7-6-17-9-4-2-1-3-5-9/h1-5,8H,6-7H2,(H,14,15,16). The van der Waals surface area contributed by atoms with Crippen molar-refractivity contribution >= 4 is 22.6 Å². The van der Waals surface area contributed by atoms with Crippen molar-refractivity contribution in [2.24, 2.45) is 0 Å². The van der Waals surface area contributed by atoms with Crippen LogP contribution in [0, 0.1) is 3.57 Å². The average Bonchev–Trinajstić information content (AvgIpc) is 2.40. The Labute approximate surface area is 117 Å². The summed E-state index contributed by atoms with van der Waals surface area (Å²) in [7, 11) is 0. The number of benzene rings is 1. The van der Waals surface area contributed by atoms with Crippen molar-refractivity contribution < 1.29 is 9.47 Å². The highest BCUT2D eigenvalue weighted by Crippen LogP contribution is 2.12. The second-order valence-electron chi connectivity index (χ2n) is 3.36. The van der Waals surface area contributed by atoms with Crippen molar-refractivity contribution in [3.8, 4) is 11.6 Å². The molecule has 0 aliphatic heterocycles. The largest absolute Gasteiger partial charge is 0.490 e. The maximum absolute atomic E-state index is 11.3. The van der Waals surface area contributed by atoms with Crippen LogP contribution in [0.15, 0.2) is 41.5 Å². The molecule has 1 heterocycles. The minimum atomic E-state index is -0.204. The highest BCUT2D eigenvalue weighted by atomic mass is 127. The molecule has 0 amide bonds. The third-order valence-corrected chi connectivity index (χ3v) is 3.05. The molecule has 6 heteroatoms. The van der Waals surface area contributed by atoms with Crippen LogP contribution in [0.1, 0.15) is 0 Å². The molecule has 94 valence electrons. The molecule has 1 aromatic carbocycles. The van der Waals surface area contributed by atoms with E-state index in [-0.39, 0.29) is 5.56 Å². The van der Waals surface area contributed by atoms with E-state index in [1.807, 2.05) is 52.9 Å². The van der Waals surface area contributed by atoms with Gasteiger partial charge in [-0.1, -0.05) is 18.2 Å². The smallest absolute Gasteiger partial charge is 0.268 e. The van der Waals surface area contributed by atoms with Gasteiger partial charge in [0.05, 0.1) is 6.33 Å². The predicted octanol–water partition coefficient (Wildman–Crippen LogP) is 1.83. The molecule has 1 aromatic heterocycles. The van der Waals surface area contributed by atoms with Gasteiger partial charge in [-0.05, 0) is 34.7 Å². The number of aromatic amines is 1. The van der Waals surface area contributed by atoms with Gasteiger partial charge in [0.25, 0.3) is 5.56 Å². The molecular weight excluding hydrogens is 347 g/mol. The fourth-order valence-corrected chi connectivity index (χ4v) is 1.73. The highest BCUT2D eigenvalue weighted by molar-refractivity contribution is 14.1. The molecule has 2 aromatic rings. The van der Waals surface area contributed by atoms with E-state index in [1.165, 1.54) is 6.33 Å². The molecule has 0 saturated carbocycles. The van der Waals surface area contributed by atoms with Gasteiger partial charge in [0, 0.05) is 0 Å². The predicted molar refractivity (Wildman–Crippen MR) is 75.0 cm³/mol. The fourth-order valence-electron chi connectivity index (χ4n) is 1.28. The van der Waals surface area contributed by atoms with Gasteiger partial charge in [-0.2, -0.15) is 0 Å². The van der Waals surface area contributed by atoms with E-state index in [0.29, 0.717) is 22.7 Å². The summed E-state index contributed by atoms with van der Waals surface area (Å²) in [6, 6.07) is 9.46. The Hall–Kier alpha value is -1.57. The molecule has 0 unspecified atom stereocenters. The lowest BCUT2D eigenvalue weighted by Gasteiger charge is -2.07. The molecule has 5 nitrogen and oxygen atoms in total. The lowest BCUT2D eigenvalue weighted by Crippen LogP contribution is -2.15. The first-order valence-electron chi connectivity index (χ1n) is 5.31. The van der Waals surface area contributed by atoms with Crippen molar-refractivity contribution in [2.45, 2.75) is 0 Å². The summed E-state index contributed by atoms with van der Waals surface area (Å²) in [6.45, 7) is 0.732. The second kappa shape index (κ2) is 6.39. The SMILES string of the molecule is O=c1[nH]cnc(OCCOc2ccccc2)c1I. The van der Waals surface area contributed by atoms with Crippen LogP contribution < -0.4 is 15.0 Å². The van der Waals surface area contributed by atoms with E-state index >= 15 is 0 Å². The van der Waals surface area contributed by atoms with Crippen LogP contribution in [-0.2, 0) is 0 Å². The minimum absolute atomic E-state index is 0.204. The van der Waals surface area contributed by atoms with Crippen molar-refractivity contribution in [1.82, 2.24) is 9.97 Å². The van der Waals surface area contributed by atoms with Crippen molar-refractivity contribution in [1.29, 1.82) is 0 Å². The Morgan fingerprint density at radius 1 is 1.17 bits per heavy atom. The summed E-state index contributed by atoms with van der Waals surface area (Å²) in [4.78, 5) is 17.7. The number of para-hydroxylation sites is 1. The van der Waals surface area contributed by atoms with E-state index in [2.05, 4.69) is 9.97 Å². The maximum Gasteiger partial charge on any atom is 0.268 e. The second-order valence-corrected chi connectivity index (χ2v) is 4.44. The number of rotatable bonds is 5. The van der Waals surface area contributed by atoms with Gasteiger partial charge in [0.15, 0.2) is 0 Å². The third kappa shape index (κ3) is 3.46. The summed E-state index contributed by atoms with van der Waals surface area (Å²) in [5.74, 6) is 1.12. The molecule has 0 bridgehead atoms. The molecule has 0 spiro atoms. The lowest BCUT2D eigenvalue weighted by atomic mass is 10.3. The molecule has 0 radical (unpaired) electrons. The number of aromatic nitrogens is 2. The lowest BCUT2D eigenvalue weighted by molar-refractivity contribution is 0.210. The number of nitrogens with one attached hydrogen (secondary N) is 1. The van der Waals surface area contributed by atoms with Gasteiger partial charge >= 0.3 is 0 Å². The van der Waals surface area contributed by atoms with Crippen LogP contribution in [0.3, 0.4) is 0 Å². The normalized spacial score (nSPS) is 10.1. The zero-order valence-corrected chi connectivity index (χ0v) is 11.6. The maximum atomic E-state index is 11.3.